The van der Waals surface area contributed by atoms with Crippen molar-refractivity contribution in [2.45, 2.75) is 12.8 Å². The molecule has 2 rings (SSSR count). The number of allylic oxidation sites excluding steroid dienone is 1. The Bertz CT molecular complexity index is 575. The number of pyridine rings is 1. The van der Waals surface area contributed by atoms with Gasteiger partial charge in [-0.1, -0.05) is 24.3 Å². The lowest BCUT2D eigenvalue weighted by atomic mass is 10.0. The molecule has 0 fully saturated rings. The molecule has 0 amide bonds. The third kappa shape index (κ3) is 2.50. The zero-order chi connectivity index (χ0) is 12.3. The molecule has 17 heavy (non-hydrogen) atoms. The highest BCUT2D eigenvalue weighted by Crippen LogP contribution is 2.18. The van der Waals surface area contributed by atoms with Gasteiger partial charge in [-0.25, -0.2) is 0 Å². The predicted octanol–water partition coefficient (Wildman–Crippen LogP) is 2.59. The summed E-state index contributed by atoms with van der Waals surface area (Å²) in [6, 6.07) is 9.55. The topological polar surface area (TPSA) is 50.2 Å². The number of carboxylic acid groups (broad SMARTS) is 1. The smallest absolute Gasteiger partial charge is 0.309 e. The molecule has 0 saturated carbocycles. The van der Waals surface area contributed by atoms with E-state index in [0.717, 1.165) is 22.9 Å². The highest BCUT2D eigenvalue weighted by molar-refractivity contribution is 5.83. The summed E-state index contributed by atoms with van der Waals surface area (Å²) >= 11 is 0. The van der Waals surface area contributed by atoms with Gasteiger partial charge >= 0.3 is 5.97 Å². The van der Waals surface area contributed by atoms with E-state index < -0.39 is 5.97 Å². The molecule has 3 nitrogen and oxygen atoms in total. The fourth-order valence-corrected chi connectivity index (χ4v) is 1.85. The number of hydrogen-bond acceptors (Lipinski definition) is 2. The van der Waals surface area contributed by atoms with Crippen LogP contribution in [-0.2, 0) is 17.6 Å². The number of rotatable bonds is 4. The van der Waals surface area contributed by atoms with E-state index in [1.54, 1.807) is 6.07 Å². The molecule has 3 heteroatoms. The molecule has 0 spiro atoms. The number of hydrogen-bond donors (Lipinski definition) is 1. The third-order valence-electron chi connectivity index (χ3n) is 2.58. The Kier molecular flexibility index (Phi) is 3.19. The van der Waals surface area contributed by atoms with Crippen molar-refractivity contribution in [3.8, 4) is 0 Å². The van der Waals surface area contributed by atoms with Crippen LogP contribution in [0.25, 0.3) is 10.9 Å². The molecule has 0 aliphatic rings. The summed E-state index contributed by atoms with van der Waals surface area (Å²) < 4.78 is 0. The van der Waals surface area contributed by atoms with E-state index in [9.17, 15) is 4.79 Å². The summed E-state index contributed by atoms with van der Waals surface area (Å²) in [6.45, 7) is 3.72. The fourth-order valence-electron chi connectivity index (χ4n) is 1.85. The van der Waals surface area contributed by atoms with Crippen LogP contribution in [-0.4, -0.2) is 16.1 Å². The van der Waals surface area contributed by atoms with E-state index in [1.807, 2.05) is 30.3 Å². The van der Waals surface area contributed by atoms with Gasteiger partial charge in [0.15, 0.2) is 0 Å². The van der Waals surface area contributed by atoms with Crippen molar-refractivity contribution in [1.29, 1.82) is 0 Å². The van der Waals surface area contributed by atoms with Gasteiger partial charge in [-0.3, -0.25) is 9.78 Å². The fraction of sp³-hybridized carbons (Fsp3) is 0.143. The van der Waals surface area contributed by atoms with Gasteiger partial charge in [-0.15, -0.1) is 6.58 Å². The highest BCUT2D eigenvalue weighted by Gasteiger charge is 2.05. The number of nitrogens with zero attached hydrogens (tertiary/aromatic N) is 1. The average molecular weight is 227 g/mol. The largest absolute Gasteiger partial charge is 0.481 e. The van der Waals surface area contributed by atoms with Crippen LogP contribution in [0.2, 0.25) is 0 Å². The third-order valence-corrected chi connectivity index (χ3v) is 2.58. The second-order valence-corrected chi connectivity index (χ2v) is 3.85. The first kappa shape index (κ1) is 11.3. The van der Waals surface area contributed by atoms with Crippen LogP contribution in [0.3, 0.4) is 0 Å². The summed E-state index contributed by atoms with van der Waals surface area (Å²) in [7, 11) is 0. The number of fused-ring (bicyclic) bond motifs is 1. The number of aromatic nitrogens is 1. The van der Waals surface area contributed by atoms with Gasteiger partial charge in [0.1, 0.15) is 0 Å². The minimum Gasteiger partial charge on any atom is -0.481 e. The SMILES string of the molecule is C=CCc1cccc2nc(CC(=O)O)ccc12. The number of benzene rings is 1. The lowest BCUT2D eigenvalue weighted by Gasteiger charge is -2.05. The predicted molar refractivity (Wildman–Crippen MR) is 67.0 cm³/mol. The molecule has 0 aliphatic heterocycles. The van der Waals surface area contributed by atoms with Crippen LogP contribution in [0, 0.1) is 0 Å². The molecule has 1 heterocycles. The van der Waals surface area contributed by atoms with Gasteiger partial charge in [0, 0.05) is 5.39 Å². The normalized spacial score (nSPS) is 10.4. The van der Waals surface area contributed by atoms with Gasteiger partial charge in [-0.05, 0) is 24.1 Å². The highest BCUT2D eigenvalue weighted by atomic mass is 16.4. The van der Waals surface area contributed by atoms with Crippen LogP contribution < -0.4 is 0 Å². The van der Waals surface area contributed by atoms with Crippen LogP contribution in [0.5, 0.6) is 0 Å². The van der Waals surface area contributed by atoms with E-state index in [4.69, 9.17) is 5.11 Å². The first-order valence-electron chi connectivity index (χ1n) is 5.41. The van der Waals surface area contributed by atoms with E-state index in [1.165, 1.54) is 0 Å². The second kappa shape index (κ2) is 4.78. The maximum Gasteiger partial charge on any atom is 0.309 e. The Morgan fingerprint density at radius 2 is 2.18 bits per heavy atom. The van der Waals surface area contributed by atoms with E-state index in [-0.39, 0.29) is 6.42 Å². The van der Waals surface area contributed by atoms with Gasteiger partial charge in [0.25, 0.3) is 0 Å². The first-order chi connectivity index (χ1) is 8.20. The van der Waals surface area contributed by atoms with E-state index in [0.29, 0.717) is 5.69 Å². The number of aliphatic carboxylic acids is 1. The molecular formula is C14H13NO2. The summed E-state index contributed by atoms with van der Waals surface area (Å²) in [5.41, 5.74) is 2.58. The molecule has 0 atom stereocenters. The Morgan fingerprint density at radius 3 is 2.88 bits per heavy atom. The van der Waals surface area contributed by atoms with Crippen LogP contribution in [0.4, 0.5) is 0 Å². The molecule has 0 radical (unpaired) electrons. The van der Waals surface area contributed by atoms with Crippen molar-refractivity contribution >= 4 is 16.9 Å². The molecular weight excluding hydrogens is 214 g/mol. The van der Waals surface area contributed by atoms with Crippen molar-refractivity contribution in [2.75, 3.05) is 0 Å². The minimum atomic E-state index is -0.862. The van der Waals surface area contributed by atoms with Gasteiger partial charge in [-0.2, -0.15) is 0 Å². The maximum atomic E-state index is 10.6. The molecule has 1 aromatic carbocycles. The molecule has 2 aromatic rings. The Hall–Kier alpha value is -2.16. The summed E-state index contributed by atoms with van der Waals surface area (Å²) in [4.78, 5) is 15.0. The monoisotopic (exact) mass is 227 g/mol. The molecule has 86 valence electrons. The summed E-state index contributed by atoms with van der Waals surface area (Å²) in [6.07, 6.45) is 2.60. The Labute approximate surface area is 99.4 Å². The molecule has 0 aliphatic carbocycles. The maximum absolute atomic E-state index is 10.6. The van der Waals surface area contributed by atoms with Crippen molar-refractivity contribution in [3.05, 3.63) is 54.2 Å². The number of carboxylic acids is 1. The molecule has 0 saturated heterocycles. The Morgan fingerprint density at radius 1 is 1.35 bits per heavy atom. The van der Waals surface area contributed by atoms with Crippen molar-refractivity contribution < 1.29 is 9.90 Å². The van der Waals surface area contributed by atoms with Gasteiger partial charge in [0.05, 0.1) is 17.6 Å². The second-order valence-electron chi connectivity index (χ2n) is 3.85. The Balaban J connectivity index is 2.48. The van der Waals surface area contributed by atoms with Crippen molar-refractivity contribution in [1.82, 2.24) is 4.98 Å². The van der Waals surface area contributed by atoms with Crippen LogP contribution >= 0.6 is 0 Å². The quantitative estimate of drug-likeness (QED) is 0.817. The van der Waals surface area contributed by atoms with Crippen molar-refractivity contribution in [2.24, 2.45) is 0 Å². The van der Waals surface area contributed by atoms with Crippen molar-refractivity contribution in [3.63, 3.8) is 0 Å². The van der Waals surface area contributed by atoms with E-state index >= 15 is 0 Å². The zero-order valence-electron chi connectivity index (χ0n) is 9.39. The molecule has 0 unspecified atom stereocenters. The summed E-state index contributed by atoms with van der Waals surface area (Å²) in [5, 5.41) is 9.78. The lowest BCUT2D eigenvalue weighted by molar-refractivity contribution is -0.136. The summed E-state index contributed by atoms with van der Waals surface area (Å²) in [5.74, 6) is -0.862. The number of carbonyl (C=O) groups is 1. The zero-order valence-corrected chi connectivity index (χ0v) is 9.39. The standard InChI is InChI=1S/C14H13NO2/c1-2-4-10-5-3-6-13-12(10)8-7-11(15-13)9-14(16)17/h2-3,5-8H,1,4,9H2,(H,16,17). The lowest BCUT2D eigenvalue weighted by Crippen LogP contribution is -2.02. The molecule has 1 aromatic heterocycles. The van der Waals surface area contributed by atoms with Gasteiger partial charge < -0.3 is 5.11 Å². The van der Waals surface area contributed by atoms with Gasteiger partial charge in [0.2, 0.25) is 0 Å². The molecule has 1 N–H and O–H groups in total. The van der Waals surface area contributed by atoms with E-state index in [2.05, 4.69) is 11.6 Å². The van der Waals surface area contributed by atoms with Crippen LogP contribution in [0.1, 0.15) is 11.3 Å². The average Bonchev–Trinajstić information content (AvgIpc) is 2.28. The molecule has 0 bridgehead atoms. The first-order valence-corrected chi connectivity index (χ1v) is 5.41. The van der Waals surface area contributed by atoms with Crippen LogP contribution in [0.15, 0.2) is 43.0 Å². The minimum absolute atomic E-state index is 0.0401.